The molecule has 1 aliphatic rings. The van der Waals surface area contributed by atoms with Crippen LogP contribution in [0.2, 0.25) is 0 Å². The second kappa shape index (κ2) is 8.92. The summed E-state index contributed by atoms with van der Waals surface area (Å²) in [5.74, 6) is 0.116. The molecule has 0 aromatic heterocycles. The second-order valence-corrected chi connectivity index (χ2v) is 6.27. The summed E-state index contributed by atoms with van der Waals surface area (Å²) in [6.07, 6.45) is 5.20. The molecular formula is C18H22N4O. The van der Waals surface area contributed by atoms with Gasteiger partial charge in [0.1, 0.15) is 5.78 Å². The van der Waals surface area contributed by atoms with Gasteiger partial charge in [0.25, 0.3) is 0 Å². The summed E-state index contributed by atoms with van der Waals surface area (Å²) in [5, 5.41) is 36.1. The molecule has 23 heavy (non-hydrogen) atoms. The zero-order chi connectivity index (χ0) is 17.2. The van der Waals surface area contributed by atoms with E-state index in [0.29, 0.717) is 44.9 Å². The van der Waals surface area contributed by atoms with E-state index in [4.69, 9.17) is 21.0 Å². The predicted molar refractivity (Wildman–Crippen MR) is 83.1 cm³/mol. The summed E-state index contributed by atoms with van der Waals surface area (Å²) in [6.45, 7) is 0. The van der Waals surface area contributed by atoms with E-state index in [1.54, 1.807) is 0 Å². The molecular weight excluding hydrogens is 288 g/mol. The van der Waals surface area contributed by atoms with Crippen molar-refractivity contribution < 1.29 is 4.79 Å². The van der Waals surface area contributed by atoms with Crippen molar-refractivity contribution in [2.75, 3.05) is 0 Å². The van der Waals surface area contributed by atoms with E-state index >= 15 is 0 Å². The van der Waals surface area contributed by atoms with Gasteiger partial charge in [-0.1, -0.05) is 0 Å². The van der Waals surface area contributed by atoms with Crippen molar-refractivity contribution in [3.63, 3.8) is 0 Å². The molecule has 1 rings (SSSR count). The third-order valence-electron chi connectivity index (χ3n) is 5.37. The number of carbonyl (C=O) groups is 1. The number of rotatable bonds is 8. The highest BCUT2D eigenvalue weighted by Crippen LogP contribution is 2.59. The standard InChI is InChI=1S/C18H22N4O/c19-12-2-8-17(9-3-13-20)7-1-6-16(23)18(17,10-4-14-21)11-5-15-22/h1-11H2. The molecule has 1 fully saturated rings. The van der Waals surface area contributed by atoms with Gasteiger partial charge in [-0.15, -0.1) is 0 Å². The maximum absolute atomic E-state index is 12.9. The quantitative estimate of drug-likeness (QED) is 0.674. The van der Waals surface area contributed by atoms with Crippen LogP contribution >= 0.6 is 0 Å². The Morgan fingerprint density at radius 1 is 0.783 bits per heavy atom. The molecule has 1 saturated carbocycles. The molecule has 0 bridgehead atoms. The molecule has 0 saturated heterocycles. The first-order valence-corrected chi connectivity index (χ1v) is 8.13. The summed E-state index contributed by atoms with van der Waals surface area (Å²) in [6, 6.07) is 8.56. The van der Waals surface area contributed by atoms with Crippen LogP contribution in [-0.2, 0) is 4.79 Å². The van der Waals surface area contributed by atoms with Gasteiger partial charge in [0, 0.05) is 37.5 Å². The van der Waals surface area contributed by atoms with Crippen LogP contribution < -0.4 is 0 Å². The third-order valence-corrected chi connectivity index (χ3v) is 5.37. The van der Waals surface area contributed by atoms with Crippen LogP contribution in [0, 0.1) is 56.2 Å². The van der Waals surface area contributed by atoms with Gasteiger partial charge in [-0.3, -0.25) is 4.79 Å². The first-order valence-electron chi connectivity index (χ1n) is 8.13. The average molecular weight is 310 g/mol. The van der Waals surface area contributed by atoms with Gasteiger partial charge in [-0.2, -0.15) is 21.0 Å². The smallest absolute Gasteiger partial charge is 0.139 e. The Balaban J connectivity index is 3.33. The monoisotopic (exact) mass is 310 g/mol. The summed E-state index contributed by atoms with van der Waals surface area (Å²) < 4.78 is 0. The largest absolute Gasteiger partial charge is 0.299 e. The van der Waals surface area contributed by atoms with Gasteiger partial charge >= 0.3 is 0 Å². The molecule has 1 aliphatic carbocycles. The van der Waals surface area contributed by atoms with Crippen molar-refractivity contribution in [2.24, 2.45) is 10.8 Å². The molecule has 0 spiro atoms. The van der Waals surface area contributed by atoms with E-state index < -0.39 is 10.8 Å². The van der Waals surface area contributed by atoms with Crippen LogP contribution in [0.1, 0.15) is 70.6 Å². The van der Waals surface area contributed by atoms with Crippen molar-refractivity contribution >= 4 is 5.78 Å². The maximum Gasteiger partial charge on any atom is 0.139 e. The SMILES string of the molecule is N#CCCC1(CCC#N)CCCC(=O)C1(CCC#N)CCC#N. The van der Waals surface area contributed by atoms with Crippen molar-refractivity contribution in [1.29, 1.82) is 21.0 Å². The first-order chi connectivity index (χ1) is 11.1. The minimum absolute atomic E-state index is 0.116. The number of nitrogens with zero attached hydrogens (tertiary/aromatic N) is 4. The predicted octanol–water partition coefficient (Wildman–Crippen LogP) is 3.93. The van der Waals surface area contributed by atoms with E-state index in [-0.39, 0.29) is 18.6 Å². The summed E-state index contributed by atoms with van der Waals surface area (Å²) >= 11 is 0. The summed E-state index contributed by atoms with van der Waals surface area (Å²) in [4.78, 5) is 12.9. The molecule has 0 aromatic rings. The Kier molecular flexibility index (Phi) is 7.25. The van der Waals surface area contributed by atoms with Gasteiger partial charge in [-0.25, -0.2) is 0 Å². The molecule has 0 aromatic carbocycles. The van der Waals surface area contributed by atoms with Crippen LogP contribution in [0.25, 0.3) is 0 Å². The van der Waals surface area contributed by atoms with E-state index in [1.165, 1.54) is 0 Å². The van der Waals surface area contributed by atoms with E-state index in [9.17, 15) is 4.79 Å². The van der Waals surface area contributed by atoms with E-state index in [0.717, 1.165) is 12.8 Å². The number of nitriles is 4. The zero-order valence-electron chi connectivity index (χ0n) is 13.5. The number of carbonyl (C=O) groups excluding carboxylic acids is 1. The molecule has 0 N–H and O–H groups in total. The molecule has 0 amide bonds. The van der Waals surface area contributed by atoms with Crippen molar-refractivity contribution in [2.45, 2.75) is 70.6 Å². The lowest BCUT2D eigenvalue weighted by molar-refractivity contribution is -0.146. The number of hydrogen-bond donors (Lipinski definition) is 0. The Bertz CT molecular complexity index is 546. The Morgan fingerprint density at radius 2 is 1.22 bits per heavy atom. The van der Waals surface area contributed by atoms with Crippen LogP contribution in [0.15, 0.2) is 0 Å². The zero-order valence-corrected chi connectivity index (χ0v) is 13.5. The Hall–Kier alpha value is -2.37. The van der Waals surface area contributed by atoms with E-state index in [1.807, 2.05) is 0 Å². The summed E-state index contributed by atoms with van der Waals surface area (Å²) in [5.41, 5.74) is -1.16. The molecule has 120 valence electrons. The number of Topliss-reactive ketones (excluding diaryl/α,β-unsaturated/α-hetero) is 1. The highest BCUT2D eigenvalue weighted by Gasteiger charge is 2.55. The van der Waals surface area contributed by atoms with Gasteiger partial charge in [0.05, 0.1) is 24.3 Å². The van der Waals surface area contributed by atoms with Crippen LogP contribution in [-0.4, -0.2) is 5.78 Å². The molecule has 0 radical (unpaired) electrons. The van der Waals surface area contributed by atoms with Crippen molar-refractivity contribution in [1.82, 2.24) is 0 Å². The molecule has 0 atom stereocenters. The average Bonchev–Trinajstić information content (AvgIpc) is 2.57. The number of ketones is 1. The minimum Gasteiger partial charge on any atom is -0.299 e. The van der Waals surface area contributed by atoms with Crippen LogP contribution in [0.4, 0.5) is 0 Å². The van der Waals surface area contributed by atoms with Gasteiger partial charge in [0.15, 0.2) is 0 Å². The molecule has 0 heterocycles. The second-order valence-electron chi connectivity index (χ2n) is 6.27. The van der Waals surface area contributed by atoms with Gasteiger partial charge in [0.2, 0.25) is 0 Å². The van der Waals surface area contributed by atoms with E-state index in [2.05, 4.69) is 24.3 Å². The Morgan fingerprint density at radius 3 is 1.65 bits per heavy atom. The minimum atomic E-state index is -0.732. The number of hydrogen-bond acceptors (Lipinski definition) is 5. The molecule has 5 heteroatoms. The highest BCUT2D eigenvalue weighted by atomic mass is 16.1. The fourth-order valence-corrected chi connectivity index (χ4v) is 4.28. The van der Waals surface area contributed by atoms with Crippen molar-refractivity contribution in [3.05, 3.63) is 0 Å². The normalized spacial score (nSPS) is 18.2. The topological polar surface area (TPSA) is 112 Å². The van der Waals surface area contributed by atoms with Crippen LogP contribution in [0.5, 0.6) is 0 Å². The lowest BCUT2D eigenvalue weighted by Gasteiger charge is -2.53. The highest BCUT2D eigenvalue weighted by molar-refractivity contribution is 5.86. The molecule has 0 unspecified atom stereocenters. The van der Waals surface area contributed by atoms with Gasteiger partial charge in [-0.05, 0) is 43.9 Å². The fraction of sp³-hybridized carbons (Fsp3) is 0.722. The van der Waals surface area contributed by atoms with Gasteiger partial charge < -0.3 is 0 Å². The molecule has 5 nitrogen and oxygen atoms in total. The first kappa shape index (κ1) is 18.7. The molecule has 0 aliphatic heterocycles. The maximum atomic E-state index is 12.9. The lowest BCUT2D eigenvalue weighted by atomic mass is 9.49. The lowest BCUT2D eigenvalue weighted by Crippen LogP contribution is -2.51. The third kappa shape index (κ3) is 3.88. The van der Waals surface area contributed by atoms with Crippen LogP contribution in [0.3, 0.4) is 0 Å². The summed E-state index contributed by atoms with van der Waals surface area (Å²) in [7, 11) is 0. The Labute approximate surface area is 138 Å². The fourth-order valence-electron chi connectivity index (χ4n) is 4.28. The van der Waals surface area contributed by atoms with Crippen molar-refractivity contribution in [3.8, 4) is 24.3 Å².